The van der Waals surface area contributed by atoms with Gasteiger partial charge in [0, 0.05) is 0 Å². The van der Waals surface area contributed by atoms with Gasteiger partial charge in [-0.2, -0.15) is 0 Å². The van der Waals surface area contributed by atoms with Gasteiger partial charge in [0.2, 0.25) is 0 Å². The minimum absolute atomic E-state index is 0.0294. The molecule has 0 bridgehead atoms. The standard InChI is InChI=1S/C10H8FN3O3S/c1-2-3-17-9-13-6-5-10(12,14(15)16)8(11)4-7(6)18-9/h1,4H,3,5,12H2. The van der Waals surface area contributed by atoms with Crippen molar-refractivity contribution in [2.75, 3.05) is 6.61 Å². The number of aromatic nitrogens is 1. The molecule has 1 unspecified atom stereocenters. The molecule has 2 rings (SSSR count). The van der Waals surface area contributed by atoms with Gasteiger partial charge in [-0.3, -0.25) is 15.8 Å². The lowest BCUT2D eigenvalue weighted by Crippen LogP contribution is -2.51. The maximum atomic E-state index is 13.6. The molecule has 1 aromatic rings. The Labute approximate surface area is 105 Å². The lowest BCUT2D eigenvalue weighted by Gasteiger charge is -2.20. The van der Waals surface area contributed by atoms with Crippen LogP contribution >= 0.6 is 11.3 Å². The number of nitro groups is 1. The summed E-state index contributed by atoms with van der Waals surface area (Å²) in [4.78, 5) is 14.4. The Hall–Kier alpha value is -1.98. The summed E-state index contributed by atoms with van der Waals surface area (Å²) in [6.07, 6.45) is 5.73. The maximum Gasteiger partial charge on any atom is 0.329 e. The van der Waals surface area contributed by atoms with E-state index in [0.29, 0.717) is 10.6 Å². The molecule has 0 spiro atoms. The minimum Gasteiger partial charge on any atom is -0.457 e. The molecular weight excluding hydrogens is 261 g/mol. The van der Waals surface area contributed by atoms with Crippen molar-refractivity contribution in [3.05, 3.63) is 26.5 Å². The van der Waals surface area contributed by atoms with Crippen LogP contribution in [-0.2, 0) is 6.42 Å². The van der Waals surface area contributed by atoms with Crippen LogP contribution in [0.4, 0.5) is 4.39 Å². The number of rotatable bonds is 3. The predicted molar refractivity (Wildman–Crippen MR) is 63.1 cm³/mol. The van der Waals surface area contributed by atoms with Crippen molar-refractivity contribution in [3.63, 3.8) is 0 Å². The molecule has 0 amide bonds. The zero-order valence-electron chi connectivity index (χ0n) is 9.05. The predicted octanol–water partition coefficient (Wildman–Crippen LogP) is 0.953. The second kappa shape index (κ2) is 4.36. The average Bonchev–Trinajstić information content (AvgIpc) is 2.68. The zero-order chi connectivity index (χ0) is 13.3. The molecule has 0 radical (unpaired) electrons. The first-order valence-electron chi connectivity index (χ1n) is 4.84. The van der Waals surface area contributed by atoms with Crippen LogP contribution in [0.15, 0.2) is 5.83 Å². The molecule has 0 saturated carbocycles. The summed E-state index contributed by atoms with van der Waals surface area (Å²) < 4.78 is 18.7. The molecule has 1 aromatic heterocycles. The Bertz CT molecular complexity index is 577. The third-order valence-electron chi connectivity index (χ3n) is 2.42. The lowest BCUT2D eigenvalue weighted by molar-refractivity contribution is -0.560. The van der Waals surface area contributed by atoms with E-state index >= 15 is 0 Å². The molecule has 0 fully saturated rings. The van der Waals surface area contributed by atoms with E-state index in [2.05, 4.69) is 10.9 Å². The molecule has 2 N–H and O–H groups in total. The highest BCUT2D eigenvalue weighted by atomic mass is 32.1. The van der Waals surface area contributed by atoms with Crippen molar-refractivity contribution in [1.29, 1.82) is 0 Å². The van der Waals surface area contributed by atoms with E-state index in [0.717, 1.165) is 17.4 Å². The van der Waals surface area contributed by atoms with Gasteiger partial charge in [0.15, 0.2) is 12.4 Å². The van der Waals surface area contributed by atoms with E-state index in [-0.39, 0.29) is 18.2 Å². The van der Waals surface area contributed by atoms with Crippen LogP contribution in [0.5, 0.6) is 5.19 Å². The van der Waals surface area contributed by atoms with Gasteiger partial charge in [-0.05, 0) is 6.08 Å². The molecule has 18 heavy (non-hydrogen) atoms. The van der Waals surface area contributed by atoms with Crippen LogP contribution in [0.2, 0.25) is 0 Å². The molecule has 0 aliphatic heterocycles. The summed E-state index contributed by atoms with van der Waals surface area (Å²) in [6.45, 7) is 0.0294. The number of halogens is 1. The van der Waals surface area contributed by atoms with Crippen molar-refractivity contribution in [1.82, 2.24) is 4.98 Å². The lowest BCUT2D eigenvalue weighted by atomic mass is 9.98. The number of fused-ring (bicyclic) bond motifs is 1. The topological polar surface area (TPSA) is 91.3 Å². The first kappa shape index (κ1) is 12.5. The SMILES string of the molecule is C#CCOc1nc2c(s1)C=C(F)C(N)([N+](=O)[O-])C2. The van der Waals surface area contributed by atoms with E-state index in [4.69, 9.17) is 16.9 Å². The average molecular weight is 269 g/mol. The van der Waals surface area contributed by atoms with E-state index in [1.807, 2.05) is 0 Å². The van der Waals surface area contributed by atoms with Crippen molar-refractivity contribution in [2.45, 2.75) is 12.1 Å². The number of hydrogen-bond acceptors (Lipinski definition) is 6. The first-order valence-corrected chi connectivity index (χ1v) is 5.66. The van der Waals surface area contributed by atoms with Gasteiger partial charge in [-0.15, -0.1) is 6.42 Å². The third kappa shape index (κ3) is 1.94. The van der Waals surface area contributed by atoms with Crippen molar-refractivity contribution >= 4 is 17.4 Å². The minimum atomic E-state index is -2.25. The second-order valence-corrected chi connectivity index (χ2v) is 4.63. The molecule has 1 aliphatic carbocycles. The number of nitrogens with zero attached hydrogens (tertiary/aromatic N) is 2. The Morgan fingerprint density at radius 3 is 3.17 bits per heavy atom. The molecule has 0 saturated heterocycles. The summed E-state index contributed by atoms with van der Waals surface area (Å²) >= 11 is 1.07. The van der Waals surface area contributed by atoms with Gasteiger partial charge in [0.25, 0.3) is 5.19 Å². The van der Waals surface area contributed by atoms with Crippen LogP contribution in [0.1, 0.15) is 10.6 Å². The molecule has 6 nitrogen and oxygen atoms in total. The third-order valence-corrected chi connectivity index (χ3v) is 3.38. The highest BCUT2D eigenvalue weighted by Crippen LogP contribution is 2.36. The molecule has 8 heteroatoms. The van der Waals surface area contributed by atoms with Crippen molar-refractivity contribution in [2.24, 2.45) is 5.73 Å². The number of thiazole rings is 1. The highest BCUT2D eigenvalue weighted by Gasteiger charge is 2.48. The van der Waals surface area contributed by atoms with Gasteiger partial charge in [-0.1, -0.05) is 17.3 Å². The molecule has 1 heterocycles. The Balaban J connectivity index is 2.33. The first-order chi connectivity index (χ1) is 8.47. The molecular formula is C10H8FN3O3S. The summed E-state index contributed by atoms with van der Waals surface area (Å²) in [5, 5.41) is 11.0. The molecule has 94 valence electrons. The molecule has 0 aromatic carbocycles. The number of ether oxygens (including phenoxy) is 1. The van der Waals surface area contributed by atoms with E-state index in [9.17, 15) is 14.5 Å². The van der Waals surface area contributed by atoms with Gasteiger partial charge in [-0.25, -0.2) is 9.37 Å². The van der Waals surface area contributed by atoms with Gasteiger partial charge in [0.1, 0.15) is 0 Å². The summed E-state index contributed by atoms with van der Waals surface area (Å²) in [7, 11) is 0. The number of terminal acetylenes is 1. The van der Waals surface area contributed by atoms with Gasteiger partial charge < -0.3 is 4.74 Å². The Morgan fingerprint density at radius 2 is 2.56 bits per heavy atom. The van der Waals surface area contributed by atoms with Crippen LogP contribution < -0.4 is 10.5 Å². The Morgan fingerprint density at radius 1 is 1.83 bits per heavy atom. The largest absolute Gasteiger partial charge is 0.457 e. The number of nitrogens with two attached hydrogens (primary N) is 1. The molecule has 1 aliphatic rings. The van der Waals surface area contributed by atoms with Crippen molar-refractivity contribution < 1.29 is 14.1 Å². The summed E-state index contributed by atoms with van der Waals surface area (Å²) in [5.74, 6) is 1.27. The fraction of sp³-hybridized carbons (Fsp3) is 0.300. The van der Waals surface area contributed by atoms with Gasteiger partial charge >= 0.3 is 5.66 Å². The summed E-state index contributed by atoms with van der Waals surface area (Å²) in [6, 6.07) is 0. The van der Waals surface area contributed by atoms with E-state index in [1.165, 1.54) is 0 Å². The van der Waals surface area contributed by atoms with E-state index < -0.39 is 16.4 Å². The second-order valence-electron chi connectivity index (χ2n) is 3.63. The highest BCUT2D eigenvalue weighted by molar-refractivity contribution is 7.14. The Kier molecular flexibility index (Phi) is 3.02. The summed E-state index contributed by atoms with van der Waals surface area (Å²) in [5.41, 5.74) is 3.51. The molecule has 1 atom stereocenters. The normalized spacial score (nSPS) is 21.7. The quantitative estimate of drug-likeness (QED) is 0.382. The fourth-order valence-corrected chi connectivity index (χ4v) is 2.34. The maximum absolute atomic E-state index is 13.6. The van der Waals surface area contributed by atoms with Gasteiger partial charge in [0.05, 0.1) is 21.9 Å². The monoisotopic (exact) mass is 269 g/mol. The van der Waals surface area contributed by atoms with E-state index in [1.54, 1.807) is 0 Å². The van der Waals surface area contributed by atoms with Crippen LogP contribution in [0.3, 0.4) is 0 Å². The smallest absolute Gasteiger partial charge is 0.329 e. The number of hydrogen-bond donors (Lipinski definition) is 1. The van der Waals surface area contributed by atoms with Crippen molar-refractivity contribution in [3.8, 4) is 17.5 Å². The van der Waals surface area contributed by atoms with Crippen LogP contribution in [0.25, 0.3) is 6.08 Å². The zero-order valence-corrected chi connectivity index (χ0v) is 9.87. The fourth-order valence-electron chi connectivity index (χ4n) is 1.48. The van der Waals surface area contributed by atoms with Crippen LogP contribution in [0, 0.1) is 22.5 Å². The van der Waals surface area contributed by atoms with Crippen LogP contribution in [-0.4, -0.2) is 22.2 Å².